The molecule has 0 N–H and O–H groups in total. The maximum Gasteiger partial charge on any atom is 0.231 e. The van der Waals surface area contributed by atoms with Crippen molar-refractivity contribution in [2.24, 2.45) is 7.05 Å². The number of hydrogen-bond acceptors (Lipinski definition) is 3. The molecule has 0 bridgehead atoms. The van der Waals surface area contributed by atoms with Crippen LogP contribution in [0, 0.1) is 6.92 Å². The van der Waals surface area contributed by atoms with Gasteiger partial charge in [-0.05, 0) is 43.3 Å². The average molecular weight is 464 g/mol. The summed E-state index contributed by atoms with van der Waals surface area (Å²) in [7, 11) is 1.98. The minimum Gasteiger partial charge on any atom is -0.488 e. The fourth-order valence-corrected chi connectivity index (χ4v) is 4.41. The number of hydrogen-bond donors (Lipinski definition) is 0. The maximum atomic E-state index is 13.0. The number of aromatic nitrogens is 1. The molecule has 1 aliphatic heterocycles. The predicted molar refractivity (Wildman–Crippen MR) is 128 cm³/mol. The van der Waals surface area contributed by atoms with Crippen LogP contribution in [0.2, 0.25) is 10.0 Å². The van der Waals surface area contributed by atoms with Gasteiger partial charge in [0.05, 0.1) is 5.56 Å². The van der Waals surface area contributed by atoms with E-state index in [1.807, 2.05) is 55.1 Å². The minimum atomic E-state index is -0.136. The summed E-state index contributed by atoms with van der Waals surface area (Å²) in [6.07, 6.45) is 3.80. The third-order valence-electron chi connectivity index (χ3n) is 5.65. The van der Waals surface area contributed by atoms with E-state index in [2.05, 4.69) is 0 Å². The van der Waals surface area contributed by atoms with Crippen molar-refractivity contribution >= 4 is 46.0 Å². The number of nitrogens with zero attached hydrogens (tertiary/aromatic N) is 1. The molecule has 4 aromatic rings. The Morgan fingerprint density at radius 1 is 1.09 bits per heavy atom. The fraction of sp³-hybridized carbons (Fsp3) is 0.115. The Labute approximate surface area is 195 Å². The largest absolute Gasteiger partial charge is 0.488 e. The van der Waals surface area contributed by atoms with E-state index in [1.165, 1.54) is 0 Å². The SMILES string of the molecule is Cc1c(OCc2ccc(Cl)cc2Cl)ccc2c1OC(=Cc1cn(C)c3ccccc13)C2=O. The molecule has 5 rings (SSSR count). The number of para-hydroxylation sites is 1. The number of halogens is 2. The topological polar surface area (TPSA) is 40.5 Å². The van der Waals surface area contributed by atoms with Crippen molar-refractivity contribution in [2.75, 3.05) is 0 Å². The summed E-state index contributed by atoms with van der Waals surface area (Å²) in [6, 6.07) is 16.9. The lowest BCUT2D eigenvalue weighted by Crippen LogP contribution is -1.99. The maximum absolute atomic E-state index is 13.0. The zero-order chi connectivity index (χ0) is 22.4. The Kier molecular flexibility index (Phi) is 5.20. The van der Waals surface area contributed by atoms with Gasteiger partial charge in [-0.15, -0.1) is 0 Å². The predicted octanol–water partition coefficient (Wildman–Crippen LogP) is 6.99. The molecule has 160 valence electrons. The lowest BCUT2D eigenvalue weighted by molar-refractivity contribution is 0.101. The summed E-state index contributed by atoms with van der Waals surface area (Å²) in [5.41, 5.74) is 4.15. The van der Waals surface area contributed by atoms with E-state index < -0.39 is 0 Å². The number of Topliss-reactive ketones (excluding diaryl/α,β-unsaturated/α-hetero) is 1. The van der Waals surface area contributed by atoms with Crippen molar-refractivity contribution in [3.05, 3.63) is 98.9 Å². The van der Waals surface area contributed by atoms with Crippen LogP contribution in [0.1, 0.15) is 27.0 Å². The van der Waals surface area contributed by atoms with Crippen LogP contribution in [0.25, 0.3) is 17.0 Å². The molecule has 0 amide bonds. The first-order valence-electron chi connectivity index (χ1n) is 10.1. The molecule has 3 aromatic carbocycles. The van der Waals surface area contributed by atoms with E-state index in [4.69, 9.17) is 32.7 Å². The zero-order valence-electron chi connectivity index (χ0n) is 17.5. The molecular weight excluding hydrogens is 445 g/mol. The Balaban J connectivity index is 1.43. The molecule has 1 aromatic heterocycles. The Bertz CT molecular complexity index is 1420. The highest BCUT2D eigenvalue weighted by molar-refractivity contribution is 6.35. The van der Waals surface area contributed by atoms with Gasteiger partial charge in [0.2, 0.25) is 5.78 Å². The molecule has 6 heteroatoms. The standard InChI is InChI=1S/C26H19Cl2NO3/c1-15-23(31-14-16-7-8-18(27)12-21(16)28)10-9-20-25(30)24(32-26(15)20)11-17-13-29(2)22-6-4-3-5-19(17)22/h3-13H,14H2,1-2H3. The lowest BCUT2D eigenvalue weighted by atomic mass is 10.1. The Morgan fingerprint density at radius 2 is 1.91 bits per heavy atom. The first-order chi connectivity index (χ1) is 15.4. The van der Waals surface area contributed by atoms with E-state index in [0.717, 1.165) is 27.6 Å². The second kappa shape index (κ2) is 8.05. The van der Waals surface area contributed by atoms with Gasteiger partial charge in [-0.2, -0.15) is 0 Å². The number of rotatable bonds is 4. The van der Waals surface area contributed by atoms with Crippen molar-refractivity contribution in [1.29, 1.82) is 0 Å². The fourth-order valence-electron chi connectivity index (χ4n) is 3.95. The van der Waals surface area contributed by atoms with E-state index >= 15 is 0 Å². The van der Waals surface area contributed by atoms with E-state index in [-0.39, 0.29) is 12.4 Å². The number of allylic oxidation sites excluding steroid dienone is 1. The number of carbonyl (C=O) groups excluding carboxylic acids is 1. The van der Waals surface area contributed by atoms with Crippen LogP contribution in [-0.4, -0.2) is 10.4 Å². The van der Waals surface area contributed by atoms with Gasteiger partial charge >= 0.3 is 0 Å². The lowest BCUT2D eigenvalue weighted by Gasteiger charge is -2.12. The second-order valence-corrected chi connectivity index (χ2v) is 8.59. The first kappa shape index (κ1) is 20.7. The molecular formula is C26H19Cl2NO3. The second-order valence-electron chi connectivity index (χ2n) is 7.74. The van der Waals surface area contributed by atoms with Gasteiger partial charge in [0.25, 0.3) is 0 Å². The van der Waals surface area contributed by atoms with E-state index in [0.29, 0.717) is 32.9 Å². The molecule has 0 spiro atoms. The molecule has 0 unspecified atom stereocenters. The highest BCUT2D eigenvalue weighted by Gasteiger charge is 2.30. The average Bonchev–Trinajstić information content (AvgIpc) is 3.27. The van der Waals surface area contributed by atoms with E-state index in [9.17, 15) is 4.79 Å². The zero-order valence-corrected chi connectivity index (χ0v) is 19.0. The molecule has 0 atom stereocenters. The number of ketones is 1. The van der Waals surface area contributed by atoms with Gasteiger partial charge in [0.15, 0.2) is 5.76 Å². The molecule has 32 heavy (non-hydrogen) atoms. The Morgan fingerprint density at radius 3 is 2.72 bits per heavy atom. The number of fused-ring (bicyclic) bond motifs is 2. The molecule has 1 aliphatic rings. The van der Waals surface area contributed by atoms with Gasteiger partial charge in [-0.3, -0.25) is 4.79 Å². The van der Waals surface area contributed by atoms with Gasteiger partial charge in [-0.25, -0.2) is 0 Å². The van der Waals surface area contributed by atoms with Crippen LogP contribution < -0.4 is 9.47 Å². The van der Waals surface area contributed by atoms with Crippen LogP contribution in [0.5, 0.6) is 11.5 Å². The van der Waals surface area contributed by atoms with Crippen molar-refractivity contribution in [3.8, 4) is 11.5 Å². The highest BCUT2D eigenvalue weighted by Crippen LogP contribution is 2.40. The highest BCUT2D eigenvalue weighted by atomic mass is 35.5. The number of carbonyl (C=O) groups is 1. The van der Waals surface area contributed by atoms with Crippen LogP contribution in [0.4, 0.5) is 0 Å². The smallest absolute Gasteiger partial charge is 0.231 e. The minimum absolute atomic E-state index is 0.136. The summed E-state index contributed by atoms with van der Waals surface area (Å²) in [5, 5.41) is 2.18. The third kappa shape index (κ3) is 3.56. The van der Waals surface area contributed by atoms with Gasteiger partial charge in [0.1, 0.15) is 18.1 Å². The summed E-state index contributed by atoms with van der Waals surface area (Å²) in [4.78, 5) is 13.0. The van der Waals surface area contributed by atoms with Crippen molar-refractivity contribution < 1.29 is 14.3 Å². The summed E-state index contributed by atoms with van der Waals surface area (Å²) in [6.45, 7) is 2.16. The van der Waals surface area contributed by atoms with Crippen LogP contribution in [-0.2, 0) is 13.7 Å². The number of aryl methyl sites for hydroxylation is 1. The van der Waals surface area contributed by atoms with Crippen LogP contribution in [0.3, 0.4) is 0 Å². The molecule has 0 saturated carbocycles. The first-order valence-corrected chi connectivity index (χ1v) is 10.9. The monoisotopic (exact) mass is 463 g/mol. The Hall–Kier alpha value is -3.21. The van der Waals surface area contributed by atoms with E-state index in [1.54, 1.807) is 30.3 Å². The van der Waals surface area contributed by atoms with Crippen LogP contribution in [0.15, 0.2) is 66.6 Å². The molecule has 0 saturated heterocycles. The van der Waals surface area contributed by atoms with Crippen molar-refractivity contribution in [2.45, 2.75) is 13.5 Å². The molecule has 0 fully saturated rings. The summed E-state index contributed by atoms with van der Waals surface area (Å²) < 4.78 is 14.0. The van der Waals surface area contributed by atoms with Gasteiger partial charge in [-0.1, -0.05) is 47.5 Å². The quantitative estimate of drug-likeness (QED) is 0.306. The third-order valence-corrected chi connectivity index (χ3v) is 6.24. The number of ether oxygens (including phenoxy) is 2. The van der Waals surface area contributed by atoms with Crippen LogP contribution >= 0.6 is 23.2 Å². The van der Waals surface area contributed by atoms with Gasteiger partial charge < -0.3 is 14.0 Å². The number of benzene rings is 3. The van der Waals surface area contributed by atoms with Crippen molar-refractivity contribution in [3.63, 3.8) is 0 Å². The molecule has 4 nitrogen and oxygen atoms in total. The molecule has 0 radical (unpaired) electrons. The molecule has 2 heterocycles. The van der Waals surface area contributed by atoms with Crippen molar-refractivity contribution in [1.82, 2.24) is 4.57 Å². The van der Waals surface area contributed by atoms with Gasteiger partial charge in [0, 0.05) is 50.9 Å². The summed E-state index contributed by atoms with van der Waals surface area (Å²) >= 11 is 12.2. The molecule has 0 aliphatic carbocycles. The summed E-state index contributed by atoms with van der Waals surface area (Å²) in [5.74, 6) is 1.33. The normalized spacial score (nSPS) is 14.1.